The minimum Gasteiger partial charge on any atom is -0.381 e. The summed E-state index contributed by atoms with van der Waals surface area (Å²) >= 11 is 0. The lowest BCUT2D eigenvalue weighted by Crippen LogP contribution is -2.16. The summed E-state index contributed by atoms with van der Waals surface area (Å²) in [5.41, 5.74) is 7.56. The topological polar surface area (TPSA) is 48.1 Å². The van der Waals surface area contributed by atoms with Crippen molar-refractivity contribution in [1.82, 2.24) is 4.98 Å². The second-order valence-corrected chi connectivity index (χ2v) is 5.02. The smallest absolute Gasteiger partial charge is 0.0495 e. The lowest BCUT2D eigenvalue weighted by molar-refractivity contribution is 0.182. The molecule has 18 heavy (non-hydrogen) atoms. The molecule has 2 unspecified atom stereocenters. The molecule has 3 rings (SSSR count). The molecule has 0 radical (unpaired) electrons. The van der Waals surface area contributed by atoms with E-state index in [4.69, 9.17) is 10.5 Å². The quantitative estimate of drug-likeness (QED) is 0.900. The average Bonchev–Trinajstić information content (AvgIpc) is 2.91. The van der Waals surface area contributed by atoms with Crippen LogP contribution in [-0.4, -0.2) is 18.2 Å². The highest BCUT2D eigenvalue weighted by Gasteiger charge is 2.20. The lowest BCUT2D eigenvalue weighted by atomic mass is 9.92. The fraction of sp³-hybridized carbons (Fsp3) is 0.400. The summed E-state index contributed by atoms with van der Waals surface area (Å²) in [7, 11) is 0. The predicted octanol–water partition coefficient (Wildman–Crippen LogP) is 2.66. The zero-order valence-electron chi connectivity index (χ0n) is 10.4. The van der Waals surface area contributed by atoms with Gasteiger partial charge in [-0.1, -0.05) is 18.2 Å². The Morgan fingerprint density at radius 1 is 1.39 bits per heavy atom. The Hall–Kier alpha value is -1.45. The van der Waals surface area contributed by atoms with Gasteiger partial charge < -0.3 is 10.5 Å². The average molecular weight is 242 g/mol. The van der Waals surface area contributed by atoms with Crippen LogP contribution in [0.4, 0.5) is 0 Å². The summed E-state index contributed by atoms with van der Waals surface area (Å²) in [5.74, 6) is 0.604. The molecule has 2 N–H and O–H groups in total. The summed E-state index contributed by atoms with van der Waals surface area (Å²) in [5, 5.41) is 2.38. The van der Waals surface area contributed by atoms with Crippen molar-refractivity contribution in [2.24, 2.45) is 11.7 Å². The van der Waals surface area contributed by atoms with Crippen molar-refractivity contribution in [2.45, 2.75) is 18.9 Å². The Labute approximate surface area is 107 Å². The normalized spacial score (nSPS) is 21.3. The monoisotopic (exact) mass is 242 g/mol. The third kappa shape index (κ3) is 2.24. The van der Waals surface area contributed by atoms with Gasteiger partial charge in [-0.25, -0.2) is 0 Å². The van der Waals surface area contributed by atoms with Crippen LogP contribution in [0, 0.1) is 5.92 Å². The molecule has 1 aliphatic rings. The lowest BCUT2D eigenvalue weighted by Gasteiger charge is -2.17. The molecular formula is C15H18N2O. The Kier molecular flexibility index (Phi) is 3.26. The number of ether oxygens (including phenoxy) is 1. The summed E-state index contributed by atoms with van der Waals surface area (Å²) in [4.78, 5) is 4.21. The Morgan fingerprint density at radius 2 is 2.33 bits per heavy atom. The molecule has 1 aromatic carbocycles. The van der Waals surface area contributed by atoms with E-state index in [1.807, 2.05) is 18.5 Å². The van der Waals surface area contributed by atoms with E-state index in [2.05, 4.69) is 23.2 Å². The molecule has 0 amide bonds. The molecule has 1 saturated heterocycles. The molecule has 94 valence electrons. The zero-order valence-corrected chi connectivity index (χ0v) is 10.4. The molecule has 0 saturated carbocycles. The van der Waals surface area contributed by atoms with Gasteiger partial charge in [-0.05, 0) is 35.8 Å². The van der Waals surface area contributed by atoms with Gasteiger partial charge >= 0.3 is 0 Å². The van der Waals surface area contributed by atoms with Crippen molar-refractivity contribution in [3.05, 3.63) is 42.2 Å². The first-order valence-corrected chi connectivity index (χ1v) is 6.50. The van der Waals surface area contributed by atoms with Gasteiger partial charge in [0.1, 0.15) is 0 Å². The number of nitrogens with zero attached hydrogens (tertiary/aromatic N) is 1. The fourth-order valence-electron chi connectivity index (χ4n) is 2.72. The van der Waals surface area contributed by atoms with Crippen LogP contribution in [0.3, 0.4) is 0 Å². The highest BCUT2D eigenvalue weighted by molar-refractivity contribution is 5.85. The number of fused-ring (bicyclic) bond motifs is 1. The van der Waals surface area contributed by atoms with Crippen LogP contribution in [0.15, 0.2) is 36.7 Å². The first kappa shape index (κ1) is 11.6. The molecule has 1 aliphatic heterocycles. The maximum Gasteiger partial charge on any atom is 0.0495 e. The maximum absolute atomic E-state index is 6.36. The van der Waals surface area contributed by atoms with E-state index in [-0.39, 0.29) is 6.04 Å². The van der Waals surface area contributed by atoms with E-state index in [0.29, 0.717) is 5.92 Å². The van der Waals surface area contributed by atoms with Crippen molar-refractivity contribution in [1.29, 1.82) is 0 Å². The third-order valence-electron chi connectivity index (χ3n) is 3.73. The van der Waals surface area contributed by atoms with Gasteiger partial charge in [0.05, 0.1) is 0 Å². The van der Waals surface area contributed by atoms with Crippen molar-refractivity contribution in [3.8, 4) is 0 Å². The first-order valence-electron chi connectivity index (χ1n) is 6.50. The van der Waals surface area contributed by atoms with Gasteiger partial charge in [0.2, 0.25) is 0 Å². The molecule has 0 aliphatic carbocycles. The Bertz CT molecular complexity index is 530. The van der Waals surface area contributed by atoms with E-state index in [1.165, 1.54) is 16.3 Å². The van der Waals surface area contributed by atoms with E-state index < -0.39 is 0 Å². The highest BCUT2D eigenvalue weighted by atomic mass is 16.5. The van der Waals surface area contributed by atoms with Crippen molar-refractivity contribution < 1.29 is 4.74 Å². The molecular weight excluding hydrogens is 224 g/mol. The molecule has 2 heterocycles. The van der Waals surface area contributed by atoms with Gasteiger partial charge in [0.15, 0.2) is 0 Å². The fourth-order valence-corrected chi connectivity index (χ4v) is 2.72. The standard InChI is InChI=1S/C15H18N2O/c16-15(8-11-5-7-18-10-11)13-3-1-2-12-4-6-17-9-14(12)13/h1-4,6,9,11,15H,5,7-8,10,16H2. The summed E-state index contributed by atoms with van der Waals surface area (Å²) in [6, 6.07) is 8.40. The molecule has 3 nitrogen and oxygen atoms in total. The Balaban J connectivity index is 1.88. The van der Waals surface area contributed by atoms with Crippen LogP contribution in [0.25, 0.3) is 10.8 Å². The predicted molar refractivity (Wildman–Crippen MR) is 72.2 cm³/mol. The zero-order chi connectivity index (χ0) is 12.4. The SMILES string of the molecule is NC(CC1CCOC1)c1cccc2ccncc12. The van der Waals surface area contributed by atoms with Crippen LogP contribution in [-0.2, 0) is 4.74 Å². The second kappa shape index (κ2) is 5.04. The minimum absolute atomic E-state index is 0.0737. The molecule has 2 aromatic rings. The highest BCUT2D eigenvalue weighted by Crippen LogP contribution is 2.28. The van der Waals surface area contributed by atoms with Crippen molar-refractivity contribution in [2.75, 3.05) is 13.2 Å². The van der Waals surface area contributed by atoms with Crippen LogP contribution in [0.5, 0.6) is 0 Å². The number of nitrogens with two attached hydrogens (primary N) is 1. The number of hydrogen-bond donors (Lipinski definition) is 1. The third-order valence-corrected chi connectivity index (χ3v) is 3.73. The summed E-state index contributed by atoms with van der Waals surface area (Å²) < 4.78 is 5.41. The van der Waals surface area contributed by atoms with Gasteiger partial charge in [-0.15, -0.1) is 0 Å². The second-order valence-electron chi connectivity index (χ2n) is 5.02. The number of pyridine rings is 1. The van der Waals surface area contributed by atoms with Crippen molar-refractivity contribution >= 4 is 10.8 Å². The molecule has 0 spiro atoms. The van der Waals surface area contributed by atoms with E-state index in [9.17, 15) is 0 Å². The number of aromatic nitrogens is 1. The van der Waals surface area contributed by atoms with Gasteiger partial charge in [0.25, 0.3) is 0 Å². The van der Waals surface area contributed by atoms with Crippen LogP contribution < -0.4 is 5.73 Å². The van der Waals surface area contributed by atoms with Crippen LogP contribution >= 0.6 is 0 Å². The van der Waals surface area contributed by atoms with Gasteiger partial charge in [0, 0.05) is 37.0 Å². The number of hydrogen-bond acceptors (Lipinski definition) is 3. The van der Waals surface area contributed by atoms with E-state index in [0.717, 1.165) is 26.1 Å². The number of rotatable bonds is 3. The van der Waals surface area contributed by atoms with Crippen LogP contribution in [0.2, 0.25) is 0 Å². The molecule has 1 fully saturated rings. The van der Waals surface area contributed by atoms with Gasteiger partial charge in [-0.3, -0.25) is 4.98 Å². The molecule has 0 bridgehead atoms. The largest absolute Gasteiger partial charge is 0.381 e. The Morgan fingerprint density at radius 3 is 3.17 bits per heavy atom. The summed E-state index contributed by atoms with van der Waals surface area (Å²) in [6.07, 6.45) is 5.86. The molecule has 2 atom stereocenters. The first-order chi connectivity index (χ1) is 8.84. The van der Waals surface area contributed by atoms with Crippen LogP contribution in [0.1, 0.15) is 24.4 Å². The maximum atomic E-state index is 6.36. The minimum atomic E-state index is 0.0737. The van der Waals surface area contributed by atoms with Crippen molar-refractivity contribution in [3.63, 3.8) is 0 Å². The molecule has 3 heteroatoms. The summed E-state index contributed by atoms with van der Waals surface area (Å²) in [6.45, 7) is 1.74. The van der Waals surface area contributed by atoms with E-state index in [1.54, 1.807) is 0 Å². The number of benzene rings is 1. The van der Waals surface area contributed by atoms with E-state index >= 15 is 0 Å². The van der Waals surface area contributed by atoms with Gasteiger partial charge in [-0.2, -0.15) is 0 Å². The molecule has 1 aromatic heterocycles.